The number of aromatic nitrogens is 1. The Morgan fingerprint density at radius 1 is 1.27 bits per heavy atom. The van der Waals surface area contributed by atoms with Gasteiger partial charge in [0, 0.05) is 33.6 Å². The molecule has 1 saturated heterocycles. The Labute approximate surface area is 158 Å². The number of amides is 1. The van der Waals surface area contributed by atoms with Crippen LogP contribution in [0.15, 0.2) is 35.7 Å². The number of carbonyl (C=O) groups is 1. The largest absolute Gasteiger partial charge is 0.358 e. The molecule has 1 aliphatic heterocycles. The zero-order chi connectivity index (χ0) is 18.1. The maximum Gasteiger partial charge on any atom is 0.251 e. The summed E-state index contributed by atoms with van der Waals surface area (Å²) in [5.41, 5.74) is 4.18. The fraction of sp³-hybridized carbons (Fsp3) is 0.381. The molecule has 1 unspecified atom stereocenters. The molecule has 4 rings (SSSR count). The predicted molar refractivity (Wildman–Crippen MR) is 108 cm³/mol. The zero-order valence-corrected chi connectivity index (χ0v) is 16.2. The molecule has 0 aliphatic carbocycles. The first-order valence-corrected chi connectivity index (χ1v) is 10.2. The third kappa shape index (κ3) is 3.29. The minimum Gasteiger partial charge on any atom is -0.358 e. The number of aromatic amines is 1. The molecule has 2 N–H and O–H groups in total. The summed E-state index contributed by atoms with van der Waals surface area (Å²) < 4.78 is 0. The Balaban J connectivity index is 1.50. The molecule has 0 spiro atoms. The van der Waals surface area contributed by atoms with Gasteiger partial charge in [-0.1, -0.05) is 6.07 Å². The minimum atomic E-state index is 0.00547. The van der Waals surface area contributed by atoms with Crippen LogP contribution in [0.25, 0.3) is 10.9 Å². The van der Waals surface area contributed by atoms with E-state index in [-0.39, 0.29) is 11.9 Å². The summed E-state index contributed by atoms with van der Waals surface area (Å²) in [5, 5.41) is 6.42. The van der Waals surface area contributed by atoms with Crippen LogP contribution in [0.3, 0.4) is 0 Å². The van der Waals surface area contributed by atoms with Crippen molar-refractivity contribution in [3.63, 3.8) is 0 Å². The van der Waals surface area contributed by atoms with Crippen molar-refractivity contribution >= 4 is 28.1 Å². The Hall–Kier alpha value is -2.11. The molecule has 1 aromatic carbocycles. The average molecular weight is 368 g/mol. The van der Waals surface area contributed by atoms with E-state index in [1.807, 2.05) is 18.2 Å². The number of H-pyrrole nitrogens is 1. The summed E-state index contributed by atoms with van der Waals surface area (Å²) in [6.07, 6.45) is 2.50. The van der Waals surface area contributed by atoms with Crippen molar-refractivity contribution in [1.82, 2.24) is 15.2 Å². The highest BCUT2D eigenvalue weighted by Crippen LogP contribution is 2.28. The van der Waals surface area contributed by atoms with Crippen LogP contribution < -0.4 is 5.32 Å². The van der Waals surface area contributed by atoms with E-state index in [0.717, 1.165) is 35.2 Å². The summed E-state index contributed by atoms with van der Waals surface area (Å²) in [5.74, 6) is 0.00547. The smallest absolute Gasteiger partial charge is 0.251 e. The maximum absolute atomic E-state index is 12.8. The summed E-state index contributed by atoms with van der Waals surface area (Å²) in [6, 6.07) is 10.5. The van der Waals surface area contributed by atoms with E-state index < -0.39 is 0 Å². The number of carbonyl (C=O) groups excluding carboxylic acids is 1. The van der Waals surface area contributed by atoms with Gasteiger partial charge in [0.25, 0.3) is 5.91 Å². The number of nitrogens with zero attached hydrogens (tertiary/aromatic N) is 1. The molecule has 1 fully saturated rings. The molecule has 0 radical (unpaired) electrons. The Morgan fingerprint density at radius 2 is 2.08 bits per heavy atom. The maximum atomic E-state index is 12.8. The Bertz CT molecular complexity index is 907. The van der Waals surface area contributed by atoms with Crippen LogP contribution >= 0.6 is 11.3 Å². The summed E-state index contributed by atoms with van der Waals surface area (Å²) in [6.45, 7) is 7.05. The molecule has 1 amide bonds. The number of fused-ring (bicyclic) bond motifs is 1. The number of nitrogens with one attached hydrogen (secondary N) is 2. The molecule has 0 bridgehead atoms. The van der Waals surface area contributed by atoms with Gasteiger partial charge >= 0.3 is 0 Å². The van der Waals surface area contributed by atoms with Crippen LogP contribution in [0.2, 0.25) is 0 Å². The fourth-order valence-electron chi connectivity index (χ4n) is 3.84. The van der Waals surface area contributed by atoms with Crippen molar-refractivity contribution < 1.29 is 4.79 Å². The monoisotopic (exact) mass is 367 g/mol. The van der Waals surface area contributed by atoms with Crippen LogP contribution in [0.1, 0.15) is 45.4 Å². The zero-order valence-electron chi connectivity index (χ0n) is 15.3. The van der Waals surface area contributed by atoms with Gasteiger partial charge in [0.1, 0.15) is 0 Å². The van der Waals surface area contributed by atoms with Crippen LogP contribution in [0.5, 0.6) is 0 Å². The molecule has 26 heavy (non-hydrogen) atoms. The number of likely N-dealkylation sites (tertiary alicyclic amines) is 1. The summed E-state index contributed by atoms with van der Waals surface area (Å²) in [7, 11) is 0. The first kappa shape index (κ1) is 17.3. The second-order valence-electron chi connectivity index (χ2n) is 7.12. The number of hydrogen-bond acceptors (Lipinski definition) is 3. The topological polar surface area (TPSA) is 48.1 Å². The van der Waals surface area contributed by atoms with Gasteiger partial charge in [-0.15, -0.1) is 11.3 Å². The van der Waals surface area contributed by atoms with Crippen LogP contribution in [-0.4, -0.2) is 35.4 Å². The number of hydrogen-bond donors (Lipinski definition) is 2. The molecule has 1 atom stereocenters. The van der Waals surface area contributed by atoms with Crippen molar-refractivity contribution in [2.24, 2.45) is 0 Å². The SMILES string of the molecule is Cc1[nH]c2ccc(C(=O)NCC(c3cccs3)N3CCCC3)cc2c1C. The Morgan fingerprint density at radius 3 is 2.81 bits per heavy atom. The van der Waals surface area contributed by atoms with Gasteiger partial charge < -0.3 is 10.3 Å². The molecule has 4 nitrogen and oxygen atoms in total. The van der Waals surface area contributed by atoms with E-state index in [2.05, 4.69) is 46.6 Å². The Kier molecular flexibility index (Phi) is 4.83. The van der Waals surface area contributed by atoms with Crippen LogP contribution in [0, 0.1) is 13.8 Å². The number of rotatable bonds is 5. The standard InChI is InChI=1S/C21H25N3OS/c1-14-15(2)23-18-8-7-16(12-17(14)18)21(25)22-13-19(20-6-5-11-26-20)24-9-3-4-10-24/h5-8,11-12,19,23H,3-4,9-10,13H2,1-2H3,(H,22,25). The van der Waals surface area contributed by atoms with Gasteiger partial charge in [-0.2, -0.15) is 0 Å². The highest BCUT2D eigenvalue weighted by molar-refractivity contribution is 7.10. The molecule has 3 heterocycles. The normalized spacial score (nSPS) is 16.2. The second kappa shape index (κ2) is 7.25. The summed E-state index contributed by atoms with van der Waals surface area (Å²) in [4.78, 5) is 19.9. The quantitative estimate of drug-likeness (QED) is 0.701. The van der Waals surface area contributed by atoms with Crippen LogP contribution in [-0.2, 0) is 0 Å². The third-order valence-corrected chi connectivity index (χ3v) is 6.45. The van der Waals surface area contributed by atoms with Crippen molar-refractivity contribution in [2.45, 2.75) is 32.7 Å². The number of thiophene rings is 1. The summed E-state index contributed by atoms with van der Waals surface area (Å²) >= 11 is 1.77. The van der Waals surface area contributed by atoms with Gasteiger partial charge in [0.2, 0.25) is 0 Å². The van der Waals surface area contributed by atoms with Gasteiger partial charge in [-0.25, -0.2) is 0 Å². The lowest BCUT2D eigenvalue weighted by atomic mass is 10.1. The van der Waals surface area contributed by atoms with Crippen molar-refractivity contribution in [2.75, 3.05) is 19.6 Å². The van der Waals surface area contributed by atoms with Crippen molar-refractivity contribution in [3.8, 4) is 0 Å². The highest BCUT2D eigenvalue weighted by Gasteiger charge is 2.24. The third-order valence-electron chi connectivity index (χ3n) is 5.48. The van der Waals surface area contributed by atoms with Gasteiger partial charge in [-0.3, -0.25) is 9.69 Å². The molecule has 136 valence electrons. The lowest BCUT2D eigenvalue weighted by Gasteiger charge is -2.27. The second-order valence-corrected chi connectivity index (χ2v) is 8.10. The number of aryl methyl sites for hydroxylation is 2. The van der Waals surface area contributed by atoms with Gasteiger partial charge in [0.15, 0.2) is 0 Å². The van der Waals surface area contributed by atoms with E-state index in [4.69, 9.17) is 0 Å². The molecular weight excluding hydrogens is 342 g/mol. The van der Waals surface area contributed by atoms with Crippen molar-refractivity contribution in [3.05, 3.63) is 57.4 Å². The fourth-order valence-corrected chi connectivity index (χ4v) is 4.70. The molecular formula is C21H25N3OS. The van der Waals surface area contributed by atoms with Crippen LogP contribution in [0.4, 0.5) is 0 Å². The molecule has 1 aliphatic rings. The molecule has 5 heteroatoms. The lowest BCUT2D eigenvalue weighted by molar-refractivity contribution is 0.0938. The minimum absolute atomic E-state index is 0.00547. The predicted octanol–water partition coefficient (Wildman–Crippen LogP) is 4.41. The van der Waals surface area contributed by atoms with E-state index in [9.17, 15) is 4.79 Å². The van der Waals surface area contributed by atoms with Crippen molar-refractivity contribution in [1.29, 1.82) is 0 Å². The first-order valence-electron chi connectivity index (χ1n) is 9.28. The molecule has 0 saturated carbocycles. The van der Waals surface area contributed by atoms with E-state index in [0.29, 0.717) is 6.54 Å². The van der Waals surface area contributed by atoms with E-state index >= 15 is 0 Å². The first-order chi connectivity index (χ1) is 12.6. The van der Waals surface area contributed by atoms with Gasteiger partial charge in [0.05, 0.1) is 6.04 Å². The van der Waals surface area contributed by atoms with E-state index in [1.54, 1.807) is 11.3 Å². The molecule has 2 aromatic heterocycles. The highest BCUT2D eigenvalue weighted by atomic mass is 32.1. The molecule has 3 aromatic rings. The number of benzene rings is 1. The van der Waals surface area contributed by atoms with E-state index in [1.165, 1.54) is 23.3 Å². The van der Waals surface area contributed by atoms with Gasteiger partial charge in [-0.05, 0) is 75.0 Å². The lowest BCUT2D eigenvalue weighted by Crippen LogP contribution is -2.36. The average Bonchev–Trinajstić information content (AvgIpc) is 3.39.